The third kappa shape index (κ3) is 4.00. The predicted molar refractivity (Wildman–Crippen MR) is 136 cm³/mol. The summed E-state index contributed by atoms with van der Waals surface area (Å²) >= 11 is -1.16. The van der Waals surface area contributed by atoms with Gasteiger partial charge in [0.2, 0.25) is 0 Å². The average molecular weight is 525 g/mol. The molecule has 5 rings (SSSR count). The summed E-state index contributed by atoms with van der Waals surface area (Å²) in [5.41, 5.74) is 7.00. The number of halogens is 1. The van der Waals surface area contributed by atoms with E-state index >= 15 is 0 Å². The molecule has 1 aromatic heterocycles. The van der Waals surface area contributed by atoms with Gasteiger partial charge in [-0.15, -0.1) is 0 Å². The van der Waals surface area contributed by atoms with Crippen molar-refractivity contribution in [1.29, 1.82) is 0 Å². The molecular weight excluding hydrogens is 497 g/mol. The van der Waals surface area contributed by atoms with Crippen molar-refractivity contribution < 1.29 is 4.79 Å². The summed E-state index contributed by atoms with van der Waals surface area (Å²) < 4.78 is 3.94. The van der Waals surface area contributed by atoms with Crippen LogP contribution >= 0.6 is 19.8 Å². The van der Waals surface area contributed by atoms with Crippen LogP contribution in [0.15, 0.2) is 46.8 Å². The van der Waals surface area contributed by atoms with E-state index in [9.17, 15) is 4.79 Å². The van der Waals surface area contributed by atoms with Gasteiger partial charge in [0.05, 0.1) is 0 Å². The van der Waals surface area contributed by atoms with Gasteiger partial charge in [-0.05, 0) is 0 Å². The molecule has 0 spiro atoms. The van der Waals surface area contributed by atoms with Crippen LogP contribution in [-0.4, -0.2) is 38.8 Å². The number of nitrogens with zero attached hydrogens (tertiary/aromatic N) is 3. The van der Waals surface area contributed by atoms with E-state index in [1.54, 1.807) is 12.4 Å². The Kier molecular flexibility index (Phi) is 5.54. The van der Waals surface area contributed by atoms with Gasteiger partial charge in [-0.2, -0.15) is 0 Å². The van der Waals surface area contributed by atoms with Crippen molar-refractivity contribution in [2.75, 3.05) is 18.0 Å². The number of rotatable bonds is 4. The molecule has 31 heavy (non-hydrogen) atoms. The zero-order valence-corrected chi connectivity index (χ0v) is 20.5. The first kappa shape index (κ1) is 20.6. The second kappa shape index (κ2) is 8.34. The molecule has 4 nitrogen and oxygen atoms in total. The molecular formula is C26H28IN3O. The van der Waals surface area contributed by atoms with E-state index in [-0.39, 0.29) is 11.8 Å². The molecule has 2 aliphatic heterocycles. The summed E-state index contributed by atoms with van der Waals surface area (Å²) in [5.74, 6) is 0.849. The molecule has 160 valence electrons. The van der Waals surface area contributed by atoms with E-state index < -0.39 is 19.8 Å². The van der Waals surface area contributed by atoms with Crippen LogP contribution in [0.4, 0.5) is 0 Å². The first-order chi connectivity index (χ1) is 15.0. The van der Waals surface area contributed by atoms with E-state index in [2.05, 4.69) is 55.4 Å². The number of amides is 1. The van der Waals surface area contributed by atoms with Crippen LogP contribution in [0.1, 0.15) is 31.4 Å². The van der Waals surface area contributed by atoms with Crippen molar-refractivity contribution in [3.05, 3.63) is 61.5 Å². The number of benzene rings is 2. The van der Waals surface area contributed by atoms with Crippen molar-refractivity contribution in [2.45, 2.75) is 26.7 Å². The molecule has 2 aliphatic rings. The van der Waals surface area contributed by atoms with Crippen molar-refractivity contribution >= 4 is 42.8 Å². The first-order valence-corrected chi connectivity index (χ1v) is 15.4. The SMILES string of the molecule is CC(C)C(=O)N1CCC(Cc2cc(-c3ccc4c(c3)I(C)C=C4)c3nccnc3c2)C1. The molecule has 1 atom stereocenters. The predicted octanol–water partition coefficient (Wildman–Crippen LogP) is 5.63. The number of alkyl halides is 1. The van der Waals surface area contributed by atoms with Crippen molar-refractivity contribution in [3.63, 3.8) is 0 Å². The van der Waals surface area contributed by atoms with E-state index in [1.807, 2.05) is 18.7 Å². The monoisotopic (exact) mass is 525 g/mol. The fourth-order valence-corrected chi connectivity index (χ4v) is 8.17. The van der Waals surface area contributed by atoms with Gasteiger partial charge in [0, 0.05) is 0 Å². The zero-order valence-electron chi connectivity index (χ0n) is 18.3. The summed E-state index contributed by atoms with van der Waals surface area (Å²) in [5, 5.41) is 0. The topological polar surface area (TPSA) is 46.1 Å². The molecule has 3 aromatic rings. The molecule has 5 heteroatoms. The normalized spacial score (nSPS) is 18.9. The third-order valence-electron chi connectivity index (χ3n) is 6.31. The maximum atomic E-state index is 12.4. The van der Waals surface area contributed by atoms with Crippen LogP contribution in [0.2, 0.25) is 0 Å². The molecule has 0 saturated carbocycles. The second-order valence-electron chi connectivity index (χ2n) is 8.91. The van der Waals surface area contributed by atoms with Gasteiger partial charge >= 0.3 is 178 Å². The minimum atomic E-state index is -1.16. The Morgan fingerprint density at radius 1 is 1.19 bits per heavy atom. The van der Waals surface area contributed by atoms with E-state index in [4.69, 9.17) is 0 Å². The van der Waals surface area contributed by atoms with Crippen molar-refractivity contribution in [3.8, 4) is 11.1 Å². The van der Waals surface area contributed by atoms with E-state index in [1.165, 1.54) is 25.8 Å². The number of aromatic nitrogens is 2. The minimum absolute atomic E-state index is 0.0713. The van der Waals surface area contributed by atoms with E-state index in [0.29, 0.717) is 5.92 Å². The molecule has 2 aromatic carbocycles. The summed E-state index contributed by atoms with van der Waals surface area (Å²) in [6.45, 7) is 5.71. The van der Waals surface area contributed by atoms with Gasteiger partial charge in [0.25, 0.3) is 0 Å². The molecule has 1 amide bonds. The number of fused-ring (bicyclic) bond motifs is 2. The Morgan fingerprint density at radius 2 is 2.03 bits per heavy atom. The Hall–Kier alpha value is -2.28. The summed E-state index contributed by atoms with van der Waals surface area (Å²) in [7, 11) is 0. The quantitative estimate of drug-likeness (QED) is 0.328. The molecule has 1 saturated heterocycles. The fourth-order valence-electron chi connectivity index (χ4n) is 4.69. The molecule has 0 radical (unpaired) electrons. The molecule has 3 heterocycles. The van der Waals surface area contributed by atoms with Gasteiger partial charge < -0.3 is 0 Å². The van der Waals surface area contributed by atoms with Gasteiger partial charge in [-0.1, -0.05) is 13.8 Å². The Morgan fingerprint density at radius 3 is 2.87 bits per heavy atom. The standard InChI is InChI=1S/C26H28IN3O/c1-17(2)26(31)30-11-7-18(16-30)12-19-13-22(25-24(14-19)28-9-10-29-25)21-5-4-20-6-8-27(3)23(20)15-21/h4-6,8-10,13-15,17-18H,7,11-12,16H2,1-3H3. The number of likely N-dealkylation sites (tertiary alicyclic amines) is 1. The van der Waals surface area contributed by atoms with Crippen LogP contribution in [0.3, 0.4) is 0 Å². The van der Waals surface area contributed by atoms with Crippen LogP contribution in [0.5, 0.6) is 0 Å². The molecule has 0 aliphatic carbocycles. The zero-order chi connectivity index (χ0) is 21.5. The van der Waals surface area contributed by atoms with Crippen LogP contribution in [0, 0.1) is 15.4 Å². The van der Waals surface area contributed by atoms with E-state index in [0.717, 1.165) is 37.0 Å². The number of carbonyl (C=O) groups excluding carboxylic acids is 1. The number of hydrogen-bond acceptors (Lipinski definition) is 3. The number of hydrogen-bond donors (Lipinski definition) is 0. The van der Waals surface area contributed by atoms with Gasteiger partial charge in [-0.3, -0.25) is 0 Å². The molecule has 1 unspecified atom stereocenters. The van der Waals surface area contributed by atoms with Crippen LogP contribution in [-0.2, 0) is 11.2 Å². The maximum absolute atomic E-state index is 12.4. The Balaban J connectivity index is 1.48. The molecule has 1 fully saturated rings. The third-order valence-corrected chi connectivity index (χ3v) is 10.5. The number of carbonyl (C=O) groups is 1. The Bertz CT molecular complexity index is 1190. The van der Waals surface area contributed by atoms with Crippen molar-refractivity contribution in [1.82, 2.24) is 14.9 Å². The average Bonchev–Trinajstić information content (AvgIpc) is 3.39. The first-order valence-electron chi connectivity index (χ1n) is 10.9. The summed E-state index contributed by atoms with van der Waals surface area (Å²) in [4.78, 5) is 26.1. The summed E-state index contributed by atoms with van der Waals surface area (Å²) in [6.07, 6.45) is 7.88. The molecule has 0 N–H and O–H groups in total. The fraction of sp³-hybridized carbons (Fsp3) is 0.346. The van der Waals surface area contributed by atoms with Crippen LogP contribution in [0.25, 0.3) is 28.2 Å². The summed E-state index contributed by atoms with van der Waals surface area (Å²) in [6, 6.07) is 11.4. The van der Waals surface area contributed by atoms with Crippen molar-refractivity contribution in [2.24, 2.45) is 11.8 Å². The van der Waals surface area contributed by atoms with Gasteiger partial charge in [-0.25, -0.2) is 0 Å². The second-order valence-corrected chi connectivity index (χ2v) is 13.7. The van der Waals surface area contributed by atoms with Gasteiger partial charge in [0.15, 0.2) is 0 Å². The molecule has 0 bridgehead atoms. The van der Waals surface area contributed by atoms with Crippen LogP contribution < -0.4 is 0 Å². The Labute approximate surface area is 191 Å². The van der Waals surface area contributed by atoms with Gasteiger partial charge in [0.1, 0.15) is 0 Å².